The largest absolute Gasteiger partial charge is 0.356 e. The van der Waals surface area contributed by atoms with E-state index in [4.69, 9.17) is 0 Å². The summed E-state index contributed by atoms with van der Waals surface area (Å²) in [5.74, 6) is -0.259. The number of hydrogen-bond acceptors (Lipinski definition) is 3. The van der Waals surface area contributed by atoms with E-state index in [-0.39, 0.29) is 16.4 Å². The minimum Gasteiger partial charge on any atom is -0.356 e. The summed E-state index contributed by atoms with van der Waals surface area (Å²) < 4.78 is 29.8. The molecule has 0 aliphatic heterocycles. The summed E-state index contributed by atoms with van der Waals surface area (Å²) in [6.45, 7) is 1.76. The van der Waals surface area contributed by atoms with E-state index < -0.39 is 10.0 Å². The predicted octanol–water partition coefficient (Wildman–Crippen LogP) is 5.78. The molecule has 0 spiro atoms. The number of hydrogen-bond donors (Lipinski definition) is 2. The molecule has 0 unspecified atom stereocenters. The van der Waals surface area contributed by atoms with Crippen molar-refractivity contribution in [3.8, 4) is 11.3 Å². The Morgan fingerprint density at radius 1 is 0.871 bits per heavy atom. The van der Waals surface area contributed by atoms with E-state index in [0.717, 1.165) is 10.0 Å². The number of benzene rings is 3. The number of carbonyl (C=O) groups excluding carboxylic acids is 1. The van der Waals surface area contributed by atoms with Crippen molar-refractivity contribution < 1.29 is 13.2 Å². The molecule has 0 bridgehead atoms. The van der Waals surface area contributed by atoms with Crippen molar-refractivity contribution in [2.75, 3.05) is 4.72 Å². The van der Waals surface area contributed by atoms with Crippen LogP contribution in [0.2, 0.25) is 0 Å². The Balaban J connectivity index is 1.88. The zero-order valence-electron chi connectivity index (χ0n) is 16.6. The normalized spacial score (nSPS) is 11.3. The van der Waals surface area contributed by atoms with Crippen molar-refractivity contribution in [3.05, 3.63) is 106 Å². The van der Waals surface area contributed by atoms with Crippen LogP contribution in [0.4, 0.5) is 5.69 Å². The van der Waals surface area contributed by atoms with Crippen LogP contribution < -0.4 is 4.72 Å². The minimum absolute atomic E-state index is 0.103. The second kappa shape index (κ2) is 8.53. The number of aromatic nitrogens is 1. The highest BCUT2D eigenvalue weighted by atomic mass is 79.9. The highest BCUT2D eigenvalue weighted by Crippen LogP contribution is 2.36. The number of sulfonamides is 1. The Kier molecular flexibility index (Phi) is 5.80. The molecule has 0 saturated carbocycles. The molecule has 1 aromatic heterocycles. The van der Waals surface area contributed by atoms with Crippen molar-refractivity contribution >= 4 is 37.4 Å². The van der Waals surface area contributed by atoms with Gasteiger partial charge in [-0.3, -0.25) is 9.52 Å². The summed E-state index contributed by atoms with van der Waals surface area (Å²) in [4.78, 5) is 16.7. The van der Waals surface area contributed by atoms with Crippen molar-refractivity contribution in [2.45, 2.75) is 11.8 Å². The fraction of sp³-hybridized carbons (Fsp3) is 0.0417. The Bertz CT molecular complexity index is 1330. The zero-order chi connectivity index (χ0) is 22.0. The molecule has 1 heterocycles. The lowest BCUT2D eigenvalue weighted by atomic mass is 10.0. The van der Waals surface area contributed by atoms with E-state index in [9.17, 15) is 13.2 Å². The Hall–Kier alpha value is -3.16. The molecular weight excluding hydrogens is 476 g/mol. The number of rotatable bonds is 6. The van der Waals surface area contributed by atoms with Crippen LogP contribution in [0.5, 0.6) is 0 Å². The SMILES string of the molecule is Cc1[nH]c(-c2ccccc2)c(NS(=O)(=O)c2ccc(Br)cc2)c1C(=O)c1ccccc1. The lowest BCUT2D eigenvalue weighted by Gasteiger charge is -2.12. The van der Waals surface area contributed by atoms with Crippen LogP contribution in [0, 0.1) is 6.92 Å². The van der Waals surface area contributed by atoms with E-state index in [0.29, 0.717) is 22.5 Å². The van der Waals surface area contributed by atoms with Crippen molar-refractivity contribution in [3.63, 3.8) is 0 Å². The number of nitrogens with one attached hydrogen (secondary N) is 2. The van der Waals surface area contributed by atoms with E-state index >= 15 is 0 Å². The van der Waals surface area contributed by atoms with Gasteiger partial charge in [-0.25, -0.2) is 8.42 Å². The third kappa shape index (κ3) is 4.33. The van der Waals surface area contributed by atoms with Gasteiger partial charge in [0.15, 0.2) is 5.78 Å². The molecule has 0 radical (unpaired) electrons. The average molecular weight is 495 g/mol. The number of H-pyrrole nitrogens is 1. The number of aryl methyl sites for hydroxylation is 1. The highest BCUT2D eigenvalue weighted by molar-refractivity contribution is 9.10. The molecule has 7 heteroatoms. The standard InChI is InChI=1S/C24H19BrN2O3S/c1-16-21(24(28)18-10-6-3-7-11-18)23(22(26-16)17-8-4-2-5-9-17)27-31(29,30)20-14-12-19(25)13-15-20/h2-15,26-27H,1H3. The summed E-state index contributed by atoms with van der Waals surface area (Å²) in [5.41, 5.74) is 2.91. The van der Waals surface area contributed by atoms with Crippen LogP contribution in [-0.2, 0) is 10.0 Å². The van der Waals surface area contributed by atoms with Crippen molar-refractivity contribution in [1.82, 2.24) is 4.98 Å². The maximum atomic E-state index is 13.3. The highest BCUT2D eigenvalue weighted by Gasteiger charge is 2.27. The molecule has 2 N–H and O–H groups in total. The monoisotopic (exact) mass is 494 g/mol. The first-order valence-corrected chi connectivity index (χ1v) is 11.8. The molecule has 0 aliphatic carbocycles. The minimum atomic E-state index is -3.93. The summed E-state index contributed by atoms with van der Waals surface area (Å²) in [6, 6.07) is 24.4. The van der Waals surface area contributed by atoms with E-state index in [1.54, 1.807) is 43.3 Å². The molecule has 0 aliphatic rings. The Labute approximate surface area is 189 Å². The maximum Gasteiger partial charge on any atom is 0.261 e. The van der Waals surface area contributed by atoms with E-state index in [2.05, 4.69) is 25.6 Å². The van der Waals surface area contributed by atoms with Gasteiger partial charge in [0, 0.05) is 21.3 Å². The average Bonchev–Trinajstić information content (AvgIpc) is 3.10. The van der Waals surface area contributed by atoms with Crippen LogP contribution in [0.3, 0.4) is 0 Å². The summed E-state index contributed by atoms with van der Waals surface area (Å²) in [5, 5.41) is 0. The van der Waals surface area contributed by atoms with Gasteiger partial charge in [0.1, 0.15) is 0 Å². The van der Waals surface area contributed by atoms with Gasteiger partial charge in [-0.1, -0.05) is 76.6 Å². The van der Waals surface area contributed by atoms with Gasteiger partial charge in [-0.05, 0) is 31.2 Å². The quantitative estimate of drug-likeness (QED) is 0.333. The zero-order valence-corrected chi connectivity index (χ0v) is 19.0. The number of halogens is 1. The number of anilines is 1. The first kappa shape index (κ1) is 21.1. The van der Waals surface area contributed by atoms with Crippen LogP contribution in [0.1, 0.15) is 21.6 Å². The summed E-state index contributed by atoms with van der Waals surface area (Å²) in [6.07, 6.45) is 0. The molecule has 0 amide bonds. The molecule has 0 fully saturated rings. The maximum absolute atomic E-state index is 13.3. The molecule has 0 atom stereocenters. The van der Waals surface area contributed by atoms with Gasteiger partial charge in [-0.2, -0.15) is 0 Å². The van der Waals surface area contributed by atoms with Gasteiger partial charge in [0.2, 0.25) is 0 Å². The van der Waals surface area contributed by atoms with E-state index in [1.807, 2.05) is 36.4 Å². The first-order chi connectivity index (χ1) is 14.9. The molecule has 4 rings (SSSR count). The number of ketones is 1. The molecule has 3 aromatic carbocycles. The van der Waals surface area contributed by atoms with Crippen LogP contribution in [0.15, 0.2) is 94.3 Å². The molecule has 5 nitrogen and oxygen atoms in total. The smallest absolute Gasteiger partial charge is 0.261 e. The van der Waals surface area contributed by atoms with Crippen molar-refractivity contribution in [2.24, 2.45) is 0 Å². The molecule has 156 valence electrons. The summed E-state index contributed by atoms with van der Waals surface area (Å²) in [7, 11) is -3.93. The Morgan fingerprint density at radius 3 is 2.06 bits per heavy atom. The molecule has 31 heavy (non-hydrogen) atoms. The third-order valence-corrected chi connectivity index (χ3v) is 6.77. The molecule has 4 aromatic rings. The van der Waals surface area contributed by atoms with Gasteiger partial charge in [-0.15, -0.1) is 0 Å². The van der Waals surface area contributed by atoms with Gasteiger partial charge >= 0.3 is 0 Å². The summed E-state index contributed by atoms with van der Waals surface area (Å²) >= 11 is 3.32. The lowest BCUT2D eigenvalue weighted by molar-refractivity contribution is 0.103. The van der Waals surface area contributed by atoms with Crippen LogP contribution in [-0.4, -0.2) is 19.2 Å². The topological polar surface area (TPSA) is 79.0 Å². The molecule has 0 saturated heterocycles. The van der Waals surface area contributed by atoms with Crippen LogP contribution >= 0.6 is 15.9 Å². The Morgan fingerprint density at radius 2 is 1.45 bits per heavy atom. The van der Waals surface area contributed by atoms with Gasteiger partial charge < -0.3 is 4.98 Å². The third-order valence-electron chi connectivity index (χ3n) is 4.87. The second-order valence-electron chi connectivity index (χ2n) is 7.00. The van der Waals surface area contributed by atoms with Crippen LogP contribution in [0.25, 0.3) is 11.3 Å². The van der Waals surface area contributed by atoms with E-state index in [1.165, 1.54) is 12.1 Å². The fourth-order valence-corrected chi connectivity index (χ4v) is 4.72. The van der Waals surface area contributed by atoms with Crippen molar-refractivity contribution in [1.29, 1.82) is 0 Å². The first-order valence-electron chi connectivity index (χ1n) is 9.53. The van der Waals surface area contributed by atoms with Gasteiger partial charge in [0.05, 0.1) is 21.8 Å². The lowest BCUT2D eigenvalue weighted by Crippen LogP contribution is -2.16. The van der Waals surface area contributed by atoms with Gasteiger partial charge in [0.25, 0.3) is 10.0 Å². The predicted molar refractivity (Wildman–Crippen MR) is 126 cm³/mol. The number of carbonyl (C=O) groups is 1. The molecular formula is C24H19BrN2O3S. The second-order valence-corrected chi connectivity index (χ2v) is 9.59. The number of aromatic amines is 1. The fourth-order valence-electron chi connectivity index (χ4n) is 3.37.